The van der Waals surface area contributed by atoms with E-state index in [1.165, 1.54) is 0 Å². The van der Waals surface area contributed by atoms with Gasteiger partial charge in [0.15, 0.2) is 0 Å². The lowest BCUT2D eigenvalue weighted by molar-refractivity contribution is -0.133. The largest absolute Gasteiger partial charge is 0.377 e. The summed E-state index contributed by atoms with van der Waals surface area (Å²) in [6.45, 7) is 5.40. The molecule has 0 radical (unpaired) electrons. The van der Waals surface area contributed by atoms with Crippen molar-refractivity contribution < 1.29 is 9.59 Å². The van der Waals surface area contributed by atoms with Crippen LogP contribution in [0, 0.1) is 5.92 Å². The van der Waals surface area contributed by atoms with Crippen molar-refractivity contribution in [3.63, 3.8) is 0 Å². The number of benzene rings is 2. The van der Waals surface area contributed by atoms with E-state index in [2.05, 4.69) is 24.1 Å². The van der Waals surface area contributed by atoms with Crippen molar-refractivity contribution in [2.24, 2.45) is 5.92 Å². The van der Waals surface area contributed by atoms with Gasteiger partial charge in [-0.3, -0.25) is 9.59 Å². The molecule has 3 rings (SSSR count). The maximum absolute atomic E-state index is 13.6. The molecule has 0 aromatic heterocycles. The second-order valence-electron chi connectivity index (χ2n) is 8.63. The van der Waals surface area contributed by atoms with Gasteiger partial charge in [-0.05, 0) is 55.0 Å². The summed E-state index contributed by atoms with van der Waals surface area (Å²) in [6.07, 6.45) is 3.61. The van der Waals surface area contributed by atoms with Gasteiger partial charge in [0, 0.05) is 44.5 Å². The third kappa shape index (κ3) is 5.87. The van der Waals surface area contributed by atoms with Gasteiger partial charge in [0.1, 0.15) is 0 Å². The lowest BCUT2D eigenvalue weighted by atomic mass is 9.94. The van der Waals surface area contributed by atoms with Crippen LogP contribution < -0.4 is 10.2 Å². The highest BCUT2D eigenvalue weighted by molar-refractivity contribution is 5.94. The second kappa shape index (κ2) is 10.5. The highest BCUT2D eigenvalue weighted by Gasteiger charge is 2.30. The van der Waals surface area contributed by atoms with Gasteiger partial charge >= 0.3 is 0 Å². The Balaban J connectivity index is 1.86. The van der Waals surface area contributed by atoms with E-state index >= 15 is 0 Å². The van der Waals surface area contributed by atoms with Crippen LogP contribution in [0.15, 0.2) is 48.5 Å². The number of hydrogen-bond donors (Lipinski definition) is 1. The van der Waals surface area contributed by atoms with Crippen molar-refractivity contribution in [2.45, 2.75) is 52.0 Å². The Morgan fingerprint density at radius 1 is 1.06 bits per heavy atom. The van der Waals surface area contributed by atoms with E-state index < -0.39 is 0 Å². The Hall–Kier alpha value is -2.82. The number of hydrogen-bond acceptors (Lipinski definition) is 3. The van der Waals surface area contributed by atoms with Crippen LogP contribution in [0.3, 0.4) is 0 Å². The van der Waals surface area contributed by atoms with Crippen molar-refractivity contribution in [3.8, 4) is 0 Å². The molecular formula is C26H35N3O2. The van der Waals surface area contributed by atoms with Crippen LogP contribution >= 0.6 is 0 Å². The Kier molecular flexibility index (Phi) is 7.72. The van der Waals surface area contributed by atoms with Crippen LogP contribution in [-0.4, -0.2) is 37.4 Å². The van der Waals surface area contributed by atoms with E-state index in [0.29, 0.717) is 13.1 Å². The average molecular weight is 422 g/mol. The fourth-order valence-electron chi connectivity index (χ4n) is 4.02. The fourth-order valence-corrected chi connectivity index (χ4v) is 4.02. The molecule has 31 heavy (non-hydrogen) atoms. The molecule has 2 aromatic rings. The van der Waals surface area contributed by atoms with E-state index in [1.807, 2.05) is 67.5 Å². The standard InChI is InChI=1S/C26H35N3O2/c1-5-16-29(26(31)23(6-2)19-10-8-7-9-11-19)18-21-17-22(14-15-24(21)28(3)4)27-25(30)20-12-13-20/h7-11,14-15,17,20,23H,5-6,12-13,16,18H2,1-4H3,(H,27,30)/t23-/m1/s1. The zero-order valence-corrected chi connectivity index (χ0v) is 19.2. The van der Waals surface area contributed by atoms with Gasteiger partial charge in [-0.25, -0.2) is 0 Å². The summed E-state index contributed by atoms with van der Waals surface area (Å²) in [5, 5.41) is 3.04. The molecule has 1 fully saturated rings. The second-order valence-corrected chi connectivity index (χ2v) is 8.63. The molecule has 1 aliphatic rings. The van der Waals surface area contributed by atoms with Crippen molar-refractivity contribution in [1.29, 1.82) is 0 Å². The summed E-state index contributed by atoms with van der Waals surface area (Å²) >= 11 is 0. The highest BCUT2D eigenvalue weighted by atomic mass is 16.2. The number of anilines is 2. The minimum atomic E-state index is -0.145. The fraction of sp³-hybridized carbons (Fsp3) is 0.462. The Morgan fingerprint density at radius 3 is 2.35 bits per heavy atom. The first kappa shape index (κ1) is 22.9. The van der Waals surface area contributed by atoms with Gasteiger partial charge in [-0.15, -0.1) is 0 Å². The molecule has 166 valence electrons. The molecule has 0 aliphatic heterocycles. The minimum Gasteiger partial charge on any atom is -0.377 e. The third-order valence-corrected chi connectivity index (χ3v) is 5.85. The molecular weight excluding hydrogens is 386 g/mol. The third-order valence-electron chi connectivity index (χ3n) is 5.85. The monoisotopic (exact) mass is 421 g/mol. The predicted molar refractivity (Wildman–Crippen MR) is 127 cm³/mol. The van der Waals surface area contributed by atoms with E-state index in [4.69, 9.17) is 0 Å². The number of carbonyl (C=O) groups excluding carboxylic acids is 2. The summed E-state index contributed by atoms with van der Waals surface area (Å²) in [7, 11) is 4.01. The average Bonchev–Trinajstić information content (AvgIpc) is 3.60. The lowest BCUT2D eigenvalue weighted by Crippen LogP contribution is -2.35. The number of nitrogens with zero attached hydrogens (tertiary/aromatic N) is 2. The molecule has 1 aliphatic carbocycles. The summed E-state index contributed by atoms with van der Waals surface area (Å²) in [6, 6.07) is 16.0. The van der Waals surface area contributed by atoms with E-state index in [-0.39, 0.29) is 23.7 Å². The van der Waals surface area contributed by atoms with Crippen LogP contribution in [-0.2, 0) is 16.1 Å². The van der Waals surface area contributed by atoms with Crippen LogP contribution in [0.4, 0.5) is 11.4 Å². The molecule has 0 spiro atoms. The van der Waals surface area contributed by atoms with Gasteiger partial charge in [0.05, 0.1) is 5.92 Å². The van der Waals surface area contributed by atoms with Gasteiger partial charge in [-0.1, -0.05) is 44.2 Å². The summed E-state index contributed by atoms with van der Waals surface area (Å²) in [4.78, 5) is 29.8. The van der Waals surface area contributed by atoms with E-state index in [0.717, 1.165) is 48.2 Å². The maximum atomic E-state index is 13.6. The molecule has 0 bridgehead atoms. The predicted octanol–water partition coefficient (Wildman–Crippen LogP) is 5.03. The quantitative estimate of drug-likeness (QED) is 0.585. The SMILES string of the molecule is CCCN(Cc1cc(NC(=O)C2CC2)ccc1N(C)C)C(=O)[C@H](CC)c1ccccc1. The topological polar surface area (TPSA) is 52.7 Å². The van der Waals surface area contributed by atoms with Crippen molar-refractivity contribution in [2.75, 3.05) is 30.9 Å². The molecule has 1 N–H and O–H groups in total. The summed E-state index contributed by atoms with van der Waals surface area (Å²) < 4.78 is 0. The van der Waals surface area contributed by atoms with Crippen LogP contribution in [0.5, 0.6) is 0 Å². The van der Waals surface area contributed by atoms with Gasteiger partial charge in [-0.2, -0.15) is 0 Å². The van der Waals surface area contributed by atoms with E-state index in [9.17, 15) is 9.59 Å². The zero-order chi connectivity index (χ0) is 22.4. The maximum Gasteiger partial charge on any atom is 0.230 e. The molecule has 0 heterocycles. The normalized spacial score (nSPS) is 14.1. The molecule has 5 heteroatoms. The van der Waals surface area contributed by atoms with Crippen LogP contribution in [0.1, 0.15) is 56.6 Å². The number of rotatable bonds is 10. The van der Waals surface area contributed by atoms with Crippen molar-refractivity contribution >= 4 is 23.2 Å². The van der Waals surface area contributed by atoms with Crippen LogP contribution in [0.2, 0.25) is 0 Å². The summed E-state index contributed by atoms with van der Waals surface area (Å²) in [5.41, 5.74) is 3.97. The highest BCUT2D eigenvalue weighted by Crippen LogP contribution is 2.32. The molecule has 5 nitrogen and oxygen atoms in total. The number of amides is 2. The van der Waals surface area contributed by atoms with Crippen LogP contribution in [0.25, 0.3) is 0 Å². The number of carbonyl (C=O) groups is 2. The molecule has 0 unspecified atom stereocenters. The molecule has 0 saturated heterocycles. The Labute approximate surface area is 186 Å². The van der Waals surface area contributed by atoms with Gasteiger partial charge in [0.2, 0.25) is 11.8 Å². The van der Waals surface area contributed by atoms with Gasteiger partial charge < -0.3 is 15.1 Å². The lowest BCUT2D eigenvalue weighted by Gasteiger charge is -2.29. The summed E-state index contributed by atoms with van der Waals surface area (Å²) in [5.74, 6) is 0.271. The molecule has 2 aromatic carbocycles. The van der Waals surface area contributed by atoms with E-state index in [1.54, 1.807) is 0 Å². The molecule has 2 amide bonds. The first-order valence-corrected chi connectivity index (χ1v) is 11.4. The number of nitrogens with one attached hydrogen (secondary N) is 1. The van der Waals surface area contributed by atoms with Gasteiger partial charge in [0.25, 0.3) is 0 Å². The molecule has 1 atom stereocenters. The first-order chi connectivity index (χ1) is 14.9. The minimum absolute atomic E-state index is 0.0974. The first-order valence-electron chi connectivity index (χ1n) is 11.4. The zero-order valence-electron chi connectivity index (χ0n) is 19.2. The molecule has 1 saturated carbocycles. The Bertz CT molecular complexity index is 891. The Morgan fingerprint density at radius 2 is 1.77 bits per heavy atom. The van der Waals surface area contributed by atoms with Crippen molar-refractivity contribution in [3.05, 3.63) is 59.7 Å². The van der Waals surface area contributed by atoms with Crippen molar-refractivity contribution in [1.82, 2.24) is 4.90 Å². The smallest absolute Gasteiger partial charge is 0.230 e.